The van der Waals surface area contributed by atoms with E-state index in [1.165, 1.54) is 0 Å². The molecule has 1 rings (SSSR count). The molecule has 6 N–H and O–H groups in total. The Bertz CT molecular complexity index is 292. The minimum Gasteiger partial charge on any atom is -0.301 e. The molecule has 0 spiro atoms. The van der Waals surface area contributed by atoms with Gasteiger partial charge in [0.25, 0.3) is 0 Å². The van der Waals surface area contributed by atoms with Crippen molar-refractivity contribution in [2.75, 3.05) is 0 Å². The van der Waals surface area contributed by atoms with Crippen molar-refractivity contribution in [3.63, 3.8) is 0 Å². The molecule has 0 aromatic rings. The monoisotopic (exact) mass is 322 g/mol. The zero-order valence-electron chi connectivity index (χ0n) is 13.7. The van der Waals surface area contributed by atoms with Gasteiger partial charge in [-0.15, -0.1) is 0 Å². The molecule has 8 nitrogen and oxygen atoms in total. The van der Waals surface area contributed by atoms with Crippen molar-refractivity contribution in [3.05, 3.63) is 0 Å². The van der Waals surface area contributed by atoms with Gasteiger partial charge in [-0.2, -0.15) is 0 Å². The third-order valence-corrected chi connectivity index (χ3v) is 5.32. The van der Waals surface area contributed by atoms with Gasteiger partial charge in [0.05, 0.1) is 24.4 Å². The van der Waals surface area contributed by atoms with E-state index in [0.717, 1.165) is 12.8 Å². The number of rotatable bonds is 8. The van der Waals surface area contributed by atoms with Gasteiger partial charge in [0.1, 0.15) is 0 Å². The largest absolute Gasteiger partial charge is 0.301 e. The Hall–Kier alpha value is -0.320. The first-order valence-corrected chi connectivity index (χ1v) is 7.74. The Morgan fingerprint density at radius 3 is 1.55 bits per heavy atom. The highest BCUT2D eigenvalue weighted by Crippen LogP contribution is 2.46. The lowest BCUT2D eigenvalue weighted by Gasteiger charge is -2.49. The predicted molar refractivity (Wildman–Crippen MR) is 79.0 cm³/mol. The van der Waals surface area contributed by atoms with Crippen molar-refractivity contribution in [2.24, 2.45) is 35.5 Å². The first kappa shape index (κ1) is 19.7. The van der Waals surface area contributed by atoms with Crippen LogP contribution in [0.1, 0.15) is 40.5 Å². The van der Waals surface area contributed by atoms with Gasteiger partial charge in [0.15, 0.2) is 0 Å². The van der Waals surface area contributed by atoms with Crippen molar-refractivity contribution >= 4 is 0 Å². The first-order chi connectivity index (χ1) is 10.4. The van der Waals surface area contributed by atoms with Gasteiger partial charge in [0.2, 0.25) is 0 Å². The molecule has 0 amide bonds. The maximum Gasteiger partial charge on any atom is 0.0934 e. The van der Waals surface area contributed by atoms with Crippen LogP contribution in [-0.2, 0) is 19.5 Å². The van der Waals surface area contributed by atoms with E-state index in [1.54, 1.807) is 13.8 Å². The van der Waals surface area contributed by atoms with Gasteiger partial charge < -0.3 is 9.68 Å². The Morgan fingerprint density at radius 2 is 1.14 bits per heavy atom. The summed E-state index contributed by atoms with van der Waals surface area (Å²) in [7, 11) is 0. The van der Waals surface area contributed by atoms with Gasteiger partial charge in [0, 0.05) is 0 Å². The summed E-state index contributed by atoms with van der Waals surface area (Å²) in [6, 6.07) is 0. The fourth-order valence-corrected chi connectivity index (χ4v) is 4.10. The summed E-state index contributed by atoms with van der Waals surface area (Å²) in [5.74, 6) is 10.6. The number of nitrogens with two attached hydrogens (primary N) is 2. The zero-order valence-corrected chi connectivity index (χ0v) is 13.7. The minimum absolute atomic E-state index is 0.00683. The van der Waals surface area contributed by atoms with Crippen LogP contribution >= 0.6 is 0 Å². The summed E-state index contributed by atoms with van der Waals surface area (Å²) in [6.45, 7) is 7.32. The van der Waals surface area contributed by atoms with Crippen LogP contribution < -0.4 is 11.8 Å². The lowest BCUT2D eigenvalue weighted by atomic mass is 9.60. The van der Waals surface area contributed by atoms with E-state index < -0.39 is 6.10 Å². The Morgan fingerprint density at radius 1 is 0.727 bits per heavy atom. The van der Waals surface area contributed by atoms with Gasteiger partial charge >= 0.3 is 0 Å². The molecular weight excluding hydrogens is 292 g/mol. The standard InChI is InChI=1S/C14H30N2O6/c1-7(19-15)11-5-6-12(8(2)21-17)13(9(3)20-16)14(11)10(4)22-18/h7-14,17-18H,5-6,15-16H2,1-4H3. The van der Waals surface area contributed by atoms with Gasteiger partial charge in [-0.25, -0.2) is 21.6 Å². The van der Waals surface area contributed by atoms with Gasteiger partial charge in [-0.3, -0.25) is 10.5 Å². The average Bonchev–Trinajstić information content (AvgIpc) is 2.57. The summed E-state index contributed by atoms with van der Waals surface area (Å²) in [5.41, 5.74) is 0. The summed E-state index contributed by atoms with van der Waals surface area (Å²) >= 11 is 0. The predicted octanol–water partition coefficient (Wildman–Crippen LogP) is 1.56. The maximum atomic E-state index is 9.19. The molecule has 8 unspecified atom stereocenters. The van der Waals surface area contributed by atoms with E-state index >= 15 is 0 Å². The van der Waals surface area contributed by atoms with Crippen LogP contribution in [0.3, 0.4) is 0 Å². The Kier molecular flexibility index (Phi) is 8.15. The third kappa shape index (κ3) is 4.15. The van der Waals surface area contributed by atoms with Crippen LogP contribution in [0.4, 0.5) is 0 Å². The third-order valence-electron chi connectivity index (χ3n) is 5.32. The van der Waals surface area contributed by atoms with E-state index in [4.69, 9.17) is 26.7 Å². The Balaban J connectivity index is 3.16. The lowest BCUT2D eigenvalue weighted by Crippen LogP contribution is -2.52. The fourth-order valence-electron chi connectivity index (χ4n) is 4.10. The highest BCUT2D eigenvalue weighted by atomic mass is 17.1. The van der Waals surface area contributed by atoms with Gasteiger partial charge in [-0.1, -0.05) is 0 Å². The van der Waals surface area contributed by atoms with Crippen molar-refractivity contribution in [1.82, 2.24) is 0 Å². The van der Waals surface area contributed by atoms with Crippen molar-refractivity contribution in [1.29, 1.82) is 0 Å². The molecule has 132 valence electrons. The van der Waals surface area contributed by atoms with E-state index in [0.29, 0.717) is 0 Å². The van der Waals surface area contributed by atoms with E-state index in [2.05, 4.69) is 9.78 Å². The minimum atomic E-state index is -0.459. The molecule has 8 heteroatoms. The van der Waals surface area contributed by atoms with E-state index in [9.17, 15) is 5.26 Å². The molecule has 1 fully saturated rings. The van der Waals surface area contributed by atoms with Crippen molar-refractivity contribution in [3.8, 4) is 0 Å². The molecular formula is C14H30N2O6. The molecule has 8 atom stereocenters. The molecule has 22 heavy (non-hydrogen) atoms. The molecule has 1 aliphatic carbocycles. The molecule has 0 radical (unpaired) electrons. The number of hydrogen-bond acceptors (Lipinski definition) is 8. The molecule has 0 aromatic carbocycles. The van der Waals surface area contributed by atoms with Crippen LogP contribution in [0.25, 0.3) is 0 Å². The first-order valence-electron chi connectivity index (χ1n) is 7.74. The quantitative estimate of drug-likeness (QED) is 0.391. The summed E-state index contributed by atoms with van der Waals surface area (Å²) in [5, 5.41) is 18.3. The molecule has 0 aromatic heterocycles. The second-order valence-electron chi connectivity index (χ2n) is 6.36. The van der Waals surface area contributed by atoms with Crippen molar-refractivity contribution in [2.45, 2.75) is 65.0 Å². The van der Waals surface area contributed by atoms with Crippen LogP contribution in [0.5, 0.6) is 0 Å². The molecule has 0 aliphatic heterocycles. The molecule has 0 bridgehead atoms. The summed E-state index contributed by atoms with van der Waals surface area (Å²) < 4.78 is 0. The normalized spacial score (nSPS) is 34.9. The second-order valence-corrected chi connectivity index (χ2v) is 6.36. The highest BCUT2D eigenvalue weighted by molar-refractivity contribution is 4.96. The molecule has 1 aliphatic rings. The fraction of sp³-hybridized carbons (Fsp3) is 1.00. The van der Waals surface area contributed by atoms with Crippen LogP contribution in [0, 0.1) is 23.7 Å². The van der Waals surface area contributed by atoms with E-state index in [-0.39, 0.29) is 42.0 Å². The average molecular weight is 322 g/mol. The summed E-state index contributed by atoms with van der Waals surface area (Å²) in [4.78, 5) is 19.2. The zero-order chi connectivity index (χ0) is 16.9. The molecule has 0 heterocycles. The molecule has 0 saturated heterocycles. The topological polar surface area (TPSA) is 129 Å². The SMILES string of the molecule is CC(OO)C1CCC(C(C)ON)C(C(C)OO)C1C(C)ON. The van der Waals surface area contributed by atoms with Crippen LogP contribution in [0.15, 0.2) is 0 Å². The van der Waals surface area contributed by atoms with E-state index in [1.807, 2.05) is 13.8 Å². The Labute approximate surface area is 131 Å². The van der Waals surface area contributed by atoms with Crippen molar-refractivity contribution < 1.29 is 30.0 Å². The molecule has 1 saturated carbocycles. The maximum absolute atomic E-state index is 9.19. The van der Waals surface area contributed by atoms with Gasteiger partial charge in [-0.05, 0) is 64.2 Å². The highest BCUT2D eigenvalue weighted by Gasteiger charge is 2.49. The summed E-state index contributed by atoms with van der Waals surface area (Å²) in [6.07, 6.45) is 0.250. The smallest absolute Gasteiger partial charge is 0.0934 e. The van der Waals surface area contributed by atoms with Crippen LogP contribution in [-0.4, -0.2) is 34.9 Å². The number of hydrogen-bond donors (Lipinski definition) is 4. The van der Waals surface area contributed by atoms with Crippen LogP contribution in [0.2, 0.25) is 0 Å². The second kappa shape index (κ2) is 9.09. The lowest BCUT2D eigenvalue weighted by molar-refractivity contribution is -0.318.